The number of nitrogens with zero attached hydrogens (tertiary/aromatic N) is 1. The van der Waals surface area contributed by atoms with E-state index in [1.165, 1.54) is 4.31 Å². The van der Waals surface area contributed by atoms with Crippen LogP contribution in [0.2, 0.25) is 0 Å². The molecule has 10 heteroatoms. The predicted octanol–water partition coefficient (Wildman–Crippen LogP) is 2.37. The molecule has 1 amide bonds. The van der Waals surface area contributed by atoms with Crippen LogP contribution < -0.4 is 24.8 Å². The standard InChI is InChI=1S/C23H29N3O6S/c1-30-20-8-5-16(11-22(20)31-2)14-24-23(27)12-17-15-32-21-13-18(6-7-19(21)25-17)33(28,29)26-9-3-4-10-26/h5-8,11,13,17,25H,3-4,9-10,12,14-15H2,1-2H3,(H,24,27). The van der Waals surface area contributed by atoms with E-state index in [1.807, 2.05) is 12.1 Å². The van der Waals surface area contributed by atoms with Crippen LogP contribution in [0.5, 0.6) is 17.2 Å². The van der Waals surface area contributed by atoms with Gasteiger partial charge in [0.15, 0.2) is 11.5 Å². The van der Waals surface area contributed by atoms with Crippen molar-refractivity contribution in [3.8, 4) is 17.2 Å². The lowest BCUT2D eigenvalue weighted by atomic mass is 10.1. The Bertz CT molecular complexity index is 1120. The Kier molecular flexibility index (Phi) is 6.94. The van der Waals surface area contributed by atoms with Crippen molar-refractivity contribution in [3.05, 3.63) is 42.0 Å². The molecule has 2 heterocycles. The number of amides is 1. The van der Waals surface area contributed by atoms with Gasteiger partial charge >= 0.3 is 0 Å². The summed E-state index contributed by atoms with van der Waals surface area (Å²) in [5.74, 6) is 1.60. The number of hydrogen-bond acceptors (Lipinski definition) is 7. The highest BCUT2D eigenvalue weighted by Gasteiger charge is 2.29. The Morgan fingerprint density at radius 2 is 1.88 bits per heavy atom. The maximum Gasteiger partial charge on any atom is 0.243 e. The zero-order valence-electron chi connectivity index (χ0n) is 18.8. The van der Waals surface area contributed by atoms with Gasteiger partial charge in [-0.1, -0.05) is 6.07 Å². The number of rotatable bonds is 8. The van der Waals surface area contributed by atoms with E-state index in [0.29, 0.717) is 42.6 Å². The van der Waals surface area contributed by atoms with Crippen LogP contribution in [0.25, 0.3) is 0 Å². The molecule has 2 aliphatic rings. The Morgan fingerprint density at radius 1 is 1.12 bits per heavy atom. The number of fused-ring (bicyclic) bond motifs is 1. The summed E-state index contributed by atoms with van der Waals surface area (Å²) in [7, 11) is -0.363. The van der Waals surface area contributed by atoms with Crippen LogP contribution in [-0.4, -0.2) is 58.6 Å². The van der Waals surface area contributed by atoms with Crippen LogP contribution in [0.4, 0.5) is 5.69 Å². The number of nitrogens with one attached hydrogen (secondary N) is 2. The summed E-state index contributed by atoms with van der Waals surface area (Å²) in [4.78, 5) is 12.7. The molecule has 2 aliphatic heterocycles. The first-order chi connectivity index (χ1) is 15.9. The second-order valence-corrected chi connectivity index (χ2v) is 10.0. The van der Waals surface area contributed by atoms with Crippen molar-refractivity contribution >= 4 is 21.6 Å². The summed E-state index contributed by atoms with van der Waals surface area (Å²) in [5, 5.41) is 6.18. The van der Waals surface area contributed by atoms with Gasteiger partial charge in [-0.2, -0.15) is 4.31 Å². The second-order valence-electron chi connectivity index (χ2n) is 8.09. The van der Waals surface area contributed by atoms with Gasteiger partial charge < -0.3 is 24.8 Å². The molecule has 4 rings (SSSR count). The number of hydrogen-bond donors (Lipinski definition) is 2. The molecule has 0 bridgehead atoms. The Hall–Kier alpha value is -2.98. The fourth-order valence-corrected chi connectivity index (χ4v) is 5.56. The normalized spacial score (nSPS) is 18.1. The van der Waals surface area contributed by atoms with Gasteiger partial charge in [0.25, 0.3) is 0 Å². The Morgan fingerprint density at radius 3 is 2.61 bits per heavy atom. The monoisotopic (exact) mass is 475 g/mol. The van der Waals surface area contributed by atoms with Gasteiger partial charge in [-0.3, -0.25) is 4.79 Å². The minimum atomic E-state index is -3.50. The molecule has 0 aromatic heterocycles. The lowest BCUT2D eigenvalue weighted by molar-refractivity contribution is -0.121. The molecule has 1 saturated heterocycles. The van der Waals surface area contributed by atoms with Gasteiger partial charge in [0.1, 0.15) is 12.4 Å². The van der Waals surface area contributed by atoms with Crippen LogP contribution in [0.15, 0.2) is 41.3 Å². The van der Waals surface area contributed by atoms with Crippen molar-refractivity contribution in [2.45, 2.75) is 36.7 Å². The molecule has 9 nitrogen and oxygen atoms in total. The lowest BCUT2D eigenvalue weighted by Gasteiger charge is -2.28. The quantitative estimate of drug-likeness (QED) is 0.604. The molecule has 0 saturated carbocycles. The van der Waals surface area contributed by atoms with E-state index in [4.69, 9.17) is 14.2 Å². The summed E-state index contributed by atoms with van der Waals surface area (Å²) in [6, 6.07) is 10.1. The van der Waals surface area contributed by atoms with E-state index < -0.39 is 10.0 Å². The highest BCUT2D eigenvalue weighted by molar-refractivity contribution is 7.89. The van der Waals surface area contributed by atoms with Crippen LogP contribution >= 0.6 is 0 Å². The molecule has 178 valence electrons. The van der Waals surface area contributed by atoms with Gasteiger partial charge in [-0.15, -0.1) is 0 Å². The fraction of sp³-hybridized carbons (Fsp3) is 0.435. The van der Waals surface area contributed by atoms with Crippen molar-refractivity contribution in [2.24, 2.45) is 0 Å². The Labute approximate surface area is 194 Å². The molecule has 1 fully saturated rings. The highest BCUT2D eigenvalue weighted by Crippen LogP contribution is 2.33. The first-order valence-electron chi connectivity index (χ1n) is 10.9. The van der Waals surface area contributed by atoms with Gasteiger partial charge in [0.2, 0.25) is 15.9 Å². The smallest absolute Gasteiger partial charge is 0.243 e. The van der Waals surface area contributed by atoms with E-state index in [2.05, 4.69) is 10.6 Å². The third kappa shape index (κ3) is 5.17. The van der Waals surface area contributed by atoms with Crippen molar-refractivity contribution in [3.63, 3.8) is 0 Å². The van der Waals surface area contributed by atoms with Crippen LogP contribution in [0.1, 0.15) is 24.8 Å². The second kappa shape index (κ2) is 9.88. The SMILES string of the molecule is COc1ccc(CNC(=O)CC2COc3cc(S(=O)(=O)N4CCCC4)ccc3N2)cc1OC. The molecular formula is C23H29N3O6S. The maximum atomic E-state index is 12.8. The molecule has 2 aromatic rings. The topological polar surface area (TPSA) is 106 Å². The van der Waals surface area contributed by atoms with Crippen LogP contribution in [0.3, 0.4) is 0 Å². The van der Waals surface area contributed by atoms with E-state index in [-0.39, 0.29) is 29.9 Å². The molecule has 33 heavy (non-hydrogen) atoms. The number of anilines is 1. The number of ether oxygens (including phenoxy) is 3. The van der Waals surface area contributed by atoms with Crippen molar-refractivity contribution in [1.29, 1.82) is 0 Å². The summed E-state index contributed by atoms with van der Waals surface area (Å²) < 4.78 is 43.4. The summed E-state index contributed by atoms with van der Waals surface area (Å²) in [6.07, 6.45) is 2.00. The minimum absolute atomic E-state index is 0.123. The van der Waals surface area contributed by atoms with E-state index in [1.54, 1.807) is 38.5 Å². The van der Waals surface area contributed by atoms with Crippen LogP contribution in [0, 0.1) is 0 Å². The number of methoxy groups -OCH3 is 2. The third-order valence-corrected chi connectivity index (χ3v) is 7.72. The molecular weight excluding hydrogens is 446 g/mol. The molecule has 1 unspecified atom stereocenters. The molecule has 0 spiro atoms. The molecule has 0 aliphatic carbocycles. The average Bonchev–Trinajstić information content (AvgIpc) is 3.38. The third-order valence-electron chi connectivity index (χ3n) is 5.82. The summed E-state index contributed by atoms with van der Waals surface area (Å²) in [6.45, 7) is 1.74. The number of carbonyl (C=O) groups is 1. The molecule has 2 N–H and O–H groups in total. The zero-order valence-corrected chi connectivity index (χ0v) is 19.6. The van der Waals surface area contributed by atoms with E-state index >= 15 is 0 Å². The van der Waals surface area contributed by atoms with Gasteiger partial charge in [-0.25, -0.2) is 8.42 Å². The minimum Gasteiger partial charge on any atom is -0.493 e. The van der Waals surface area contributed by atoms with E-state index in [9.17, 15) is 13.2 Å². The summed E-state index contributed by atoms with van der Waals surface area (Å²) >= 11 is 0. The first kappa shape index (κ1) is 23.2. The molecule has 2 aromatic carbocycles. The number of carbonyl (C=O) groups excluding carboxylic acids is 1. The van der Waals surface area contributed by atoms with Gasteiger partial charge in [0, 0.05) is 25.7 Å². The van der Waals surface area contributed by atoms with Gasteiger partial charge in [0.05, 0.1) is 37.3 Å². The van der Waals surface area contributed by atoms with Gasteiger partial charge in [-0.05, 0) is 42.7 Å². The average molecular weight is 476 g/mol. The first-order valence-corrected chi connectivity index (χ1v) is 12.4. The fourth-order valence-electron chi connectivity index (χ4n) is 4.03. The zero-order chi connectivity index (χ0) is 23.4. The van der Waals surface area contributed by atoms with Crippen molar-refractivity contribution < 1.29 is 27.4 Å². The number of benzene rings is 2. The number of sulfonamides is 1. The van der Waals surface area contributed by atoms with E-state index in [0.717, 1.165) is 18.4 Å². The summed E-state index contributed by atoms with van der Waals surface area (Å²) in [5.41, 5.74) is 1.57. The Balaban J connectivity index is 1.33. The maximum absolute atomic E-state index is 12.8. The molecule has 0 radical (unpaired) electrons. The lowest BCUT2D eigenvalue weighted by Crippen LogP contribution is -2.37. The van der Waals surface area contributed by atoms with Crippen molar-refractivity contribution in [2.75, 3.05) is 39.2 Å². The predicted molar refractivity (Wildman–Crippen MR) is 123 cm³/mol. The molecule has 1 atom stereocenters. The van der Waals surface area contributed by atoms with Crippen LogP contribution in [-0.2, 0) is 21.4 Å². The largest absolute Gasteiger partial charge is 0.493 e. The van der Waals surface area contributed by atoms with Crippen molar-refractivity contribution in [1.82, 2.24) is 9.62 Å². The highest BCUT2D eigenvalue weighted by atomic mass is 32.2.